The minimum absolute atomic E-state index is 0.100. The molecule has 0 aliphatic rings. The lowest BCUT2D eigenvalue weighted by molar-refractivity contribution is 0.0951. The molecule has 2 aromatic heterocycles. The Labute approximate surface area is 91.3 Å². The minimum Gasteiger partial charge on any atom is -0.347 e. The highest BCUT2D eigenvalue weighted by Crippen LogP contribution is 2.14. The van der Waals surface area contributed by atoms with E-state index in [1.807, 2.05) is 18.4 Å². The van der Waals surface area contributed by atoms with Crippen molar-refractivity contribution < 1.29 is 4.79 Å². The molecule has 0 fully saturated rings. The summed E-state index contributed by atoms with van der Waals surface area (Å²) in [5.41, 5.74) is 1.77. The average Bonchev–Trinajstić information content (AvgIpc) is 2.85. The van der Waals surface area contributed by atoms with Crippen molar-refractivity contribution in [3.63, 3.8) is 0 Å². The number of rotatable bonds is 3. The van der Waals surface area contributed by atoms with Crippen molar-refractivity contribution in [2.75, 3.05) is 0 Å². The molecule has 0 aliphatic carbocycles. The van der Waals surface area contributed by atoms with Crippen LogP contribution >= 0.6 is 11.3 Å². The monoisotopic (exact) mass is 221 g/mol. The number of carbonyl (C=O) groups is 1. The summed E-state index contributed by atoms with van der Waals surface area (Å²) in [5, 5.41) is 11.2. The first-order valence-corrected chi connectivity index (χ1v) is 5.45. The Morgan fingerprint density at radius 1 is 1.67 bits per heavy atom. The van der Waals surface area contributed by atoms with Crippen molar-refractivity contribution in [2.24, 2.45) is 0 Å². The van der Waals surface area contributed by atoms with Gasteiger partial charge in [-0.15, -0.1) is 11.3 Å². The molecule has 0 aliphatic heterocycles. The van der Waals surface area contributed by atoms with Gasteiger partial charge in [-0.3, -0.25) is 9.89 Å². The second-order valence-electron chi connectivity index (χ2n) is 3.20. The van der Waals surface area contributed by atoms with Crippen LogP contribution in [0.3, 0.4) is 0 Å². The summed E-state index contributed by atoms with van der Waals surface area (Å²) >= 11 is 1.65. The molecule has 0 aromatic carbocycles. The topological polar surface area (TPSA) is 57.8 Å². The minimum atomic E-state index is -0.100. The van der Waals surface area contributed by atoms with Crippen molar-refractivity contribution in [3.8, 4) is 0 Å². The predicted octanol–water partition coefficient (Wildman–Crippen LogP) is 1.71. The summed E-state index contributed by atoms with van der Waals surface area (Å²) in [6, 6.07) is 2.05. The Bertz CT molecular complexity index is 447. The van der Waals surface area contributed by atoms with E-state index in [0.717, 1.165) is 0 Å². The number of amides is 1. The van der Waals surface area contributed by atoms with Crippen LogP contribution in [0.5, 0.6) is 0 Å². The highest BCUT2D eigenvalue weighted by Gasteiger charge is 2.07. The first-order chi connectivity index (χ1) is 7.27. The standard InChI is InChI=1S/C10H11N3OS/c1-7-2-3-15-9(7)6-11-10(14)8-4-12-13-5-8/h2-5H,6H2,1H3,(H,11,14)(H,12,13). The van der Waals surface area contributed by atoms with Crippen molar-refractivity contribution in [1.29, 1.82) is 0 Å². The molecule has 2 heterocycles. The smallest absolute Gasteiger partial charge is 0.254 e. The van der Waals surface area contributed by atoms with Crippen LogP contribution in [0.1, 0.15) is 20.8 Å². The van der Waals surface area contributed by atoms with Gasteiger partial charge in [0.1, 0.15) is 0 Å². The third kappa shape index (κ3) is 2.24. The number of aromatic amines is 1. The van der Waals surface area contributed by atoms with Crippen molar-refractivity contribution in [1.82, 2.24) is 15.5 Å². The van der Waals surface area contributed by atoms with Crippen LogP contribution in [0.25, 0.3) is 0 Å². The van der Waals surface area contributed by atoms with Gasteiger partial charge in [0.05, 0.1) is 18.3 Å². The van der Waals surface area contributed by atoms with Crippen molar-refractivity contribution >= 4 is 17.2 Å². The van der Waals surface area contributed by atoms with E-state index in [9.17, 15) is 4.79 Å². The number of H-pyrrole nitrogens is 1. The summed E-state index contributed by atoms with van der Waals surface area (Å²) in [4.78, 5) is 12.7. The van der Waals surface area contributed by atoms with Crippen LogP contribution in [-0.2, 0) is 6.54 Å². The zero-order chi connectivity index (χ0) is 10.7. The summed E-state index contributed by atoms with van der Waals surface area (Å²) in [5.74, 6) is -0.100. The largest absolute Gasteiger partial charge is 0.347 e. The van der Waals surface area contributed by atoms with Gasteiger partial charge in [-0.25, -0.2) is 0 Å². The second-order valence-corrected chi connectivity index (χ2v) is 4.20. The van der Waals surface area contributed by atoms with E-state index in [-0.39, 0.29) is 5.91 Å². The number of hydrogen-bond acceptors (Lipinski definition) is 3. The highest BCUT2D eigenvalue weighted by molar-refractivity contribution is 7.10. The Morgan fingerprint density at radius 3 is 3.13 bits per heavy atom. The number of aryl methyl sites for hydroxylation is 1. The molecular formula is C10H11N3OS. The first kappa shape index (κ1) is 9.92. The molecule has 0 saturated heterocycles. The number of carbonyl (C=O) groups excluding carboxylic acids is 1. The van der Waals surface area contributed by atoms with Gasteiger partial charge in [0.25, 0.3) is 5.91 Å². The molecule has 0 radical (unpaired) electrons. The van der Waals surface area contributed by atoms with Gasteiger partial charge in [-0.05, 0) is 23.9 Å². The summed E-state index contributed by atoms with van der Waals surface area (Å²) in [6.45, 7) is 2.61. The Kier molecular flexibility index (Phi) is 2.82. The lowest BCUT2D eigenvalue weighted by Gasteiger charge is -2.02. The van der Waals surface area contributed by atoms with Crippen LogP contribution < -0.4 is 5.32 Å². The zero-order valence-corrected chi connectivity index (χ0v) is 9.10. The van der Waals surface area contributed by atoms with Crippen LogP contribution in [0.2, 0.25) is 0 Å². The Hall–Kier alpha value is -1.62. The average molecular weight is 221 g/mol. The quantitative estimate of drug-likeness (QED) is 0.829. The maximum absolute atomic E-state index is 11.5. The van der Waals surface area contributed by atoms with Crippen molar-refractivity contribution in [2.45, 2.75) is 13.5 Å². The van der Waals surface area contributed by atoms with E-state index < -0.39 is 0 Å². The maximum atomic E-state index is 11.5. The number of hydrogen-bond donors (Lipinski definition) is 2. The van der Waals surface area contributed by atoms with Crippen molar-refractivity contribution in [3.05, 3.63) is 39.8 Å². The van der Waals surface area contributed by atoms with Crippen LogP contribution in [-0.4, -0.2) is 16.1 Å². The Balaban J connectivity index is 1.95. The Morgan fingerprint density at radius 2 is 2.53 bits per heavy atom. The second kappa shape index (κ2) is 4.27. The molecule has 78 valence electrons. The number of aromatic nitrogens is 2. The first-order valence-electron chi connectivity index (χ1n) is 4.57. The molecule has 5 heteroatoms. The number of nitrogens with zero attached hydrogens (tertiary/aromatic N) is 1. The normalized spacial score (nSPS) is 10.2. The van der Waals surface area contributed by atoms with E-state index in [0.29, 0.717) is 12.1 Å². The van der Waals surface area contributed by atoms with E-state index >= 15 is 0 Å². The van der Waals surface area contributed by atoms with E-state index in [2.05, 4.69) is 15.5 Å². The van der Waals surface area contributed by atoms with Gasteiger partial charge in [0.2, 0.25) is 0 Å². The fourth-order valence-corrected chi connectivity index (χ4v) is 2.07. The fraction of sp³-hybridized carbons (Fsp3) is 0.200. The fourth-order valence-electron chi connectivity index (χ4n) is 1.22. The van der Waals surface area contributed by atoms with Gasteiger partial charge < -0.3 is 5.32 Å². The van der Waals surface area contributed by atoms with Crippen LogP contribution in [0, 0.1) is 6.92 Å². The molecule has 0 spiro atoms. The van der Waals surface area contributed by atoms with Crippen LogP contribution in [0.15, 0.2) is 23.8 Å². The molecule has 0 atom stereocenters. The molecule has 0 unspecified atom stereocenters. The molecule has 2 rings (SSSR count). The highest BCUT2D eigenvalue weighted by atomic mass is 32.1. The molecule has 1 amide bonds. The predicted molar refractivity (Wildman–Crippen MR) is 58.8 cm³/mol. The molecule has 2 aromatic rings. The van der Waals surface area contributed by atoms with E-state index in [1.54, 1.807) is 17.5 Å². The van der Waals surface area contributed by atoms with E-state index in [4.69, 9.17) is 0 Å². The van der Waals surface area contributed by atoms with E-state index in [1.165, 1.54) is 16.6 Å². The molecule has 15 heavy (non-hydrogen) atoms. The molecule has 0 saturated carbocycles. The number of nitrogens with one attached hydrogen (secondary N) is 2. The lowest BCUT2D eigenvalue weighted by atomic mass is 10.3. The van der Waals surface area contributed by atoms with Gasteiger partial charge >= 0.3 is 0 Å². The molecule has 4 nitrogen and oxygen atoms in total. The van der Waals surface area contributed by atoms with Gasteiger partial charge in [0, 0.05) is 11.1 Å². The zero-order valence-electron chi connectivity index (χ0n) is 8.28. The van der Waals surface area contributed by atoms with Gasteiger partial charge in [0.15, 0.2) is 0 Å². The van der Waals surface area contributed by atoms with Crippen LogP contribution in [0.4, 0.5) is 0 Å². The molecule has 0 bridgehead atoms. The summed E-state index contributed by atoms with van der Waals surface area (Å²) in [6.07, 6.45) is 3.09. The molecule has 2 N–H and O–H groups in total. The summed E-state index contributed by atoms with van der Waals surface area (Å²) in [7, 11) is 0. The lowest BCUT2D eigenvalue weighted by Crippen LogP contribution is -2.22. The number of thiophene rings is 1. The third-order valence-corrected chi connectivity index (χ3v) is 3.16. The maximum Gasteiger partial charge on any atom is 0.254 e. The third-order valence-electron chi connectivity index (χ3n) is 2.14. The summed E-state index contributed by atoms with van der Waals surface area (Å²) < 4.78 is 0. The van der Waals surface area contributed by atoms with Gasteiger partial charge in [-0.1, -0.05) is 0 Å². The SMILES string of the molecule is Cc1ccsc1CNC(=O)c1cn[nH]c1. The molecular weight excluding hydrogens is 210 g/mol. The van der Waals surface area contributed by atoms with Gasteiger partial charge in [-0.2, -0.15) is 5.10 Å².